The van der Waals surface area contributed by atoms with Crippen molar-refractivity contribution in [2.24, 2.45) is 17.8 Å². The van der Waals surface area contributed by atoms with Crippen LogP contribution in [0.3, 0.4) is 0 Å². The third-order valence-electron chi connectivity index (χ3n) is 10.4. The van der Waals surface area contributed by atoms with Crippen LogP contribution >= 0.6 is 0 Å². The topological polar surface area (TPSA) is 138 Å². The molecular weight excluding hydrogens is 629 g/mol. The minimum Gasteiger partial charge on any atom is -0.370 e. The van der Waals surface area contributed by atoms with Gasteiger partial charge in [0, 0.05) is 58.0 Å². The summed E-state index contributed by atoms with van der Waals surface area (Å²) < 4.78 is 22.8. The van der Waals surface area contributed by atoms with E-state index in [1.807, 2.05) is 27.8 Å². The van der Waals surface area contributed by atoms with E-state index in [0.29, 0.717) is 42.5 Å². The monoisotopic (exact) mass is 681 g/mol. The quantitative estimate of drug-likeness (QED) is 0.230. The maximum absolute atomic E-state index is 15.8. The van der Waals surface area contributed by atoms with E-state index in [2.05, 4.69) is 25.9 Å². The minimum atomic E-state index is -1.14. The van der Waals surface area contributed by atoms with Crippen LogP contribution in [0, 0.1) is 23.6 Å². The van der Waals surface area contributed by atoms with Gasteiger partial charge >= 0.3 is 0 Å². The highest BCUT2D eigenvalue weighted by atomic mass is 19.1. The van der Waals surface area contributed by atoms with Crippen molar-refractivity contribution in [2.45, 2.75) is 83.0 Å². The van der Waals surface area contributed by atoms with E-state index in [4.69, 9.17) is 4.74 Å². The van der Waals surface area contributed by atoms with E-state index in [1.54, 1.807) is 34.8 Å². The fourth-order valence-corrected chi connectivity index (χ4v) is 6.84. The molecule has 0 spiro atoms. The largest absolute Gasteiger partial charge is 0.370 e. The summed E-state index contributed by atoms with van der Waals surface area (Å²) in [7, 11) is 3.45. The first-order valence-electron chi connectivity index (χ1n) is 17.5. The van der Waals surface area contributed by atoms with Crippen molar-refractivity contribution >= 4 is 29.7 Å². The number of amides is 3. The van der Waals surface area contributed by atoms with Crippen LogP contribution in [0.25, 0.3) is 0 Å². The molecule has 13 heteroatoms. The highest BCUT2D eigenvalue weighted by molar-refractivity contribution is 6.01. The number of hydrogen-bond donors (Lipinski definition) is 3. The Kier molecular flexibility index (Phi) is 11.6. The number of benzene rings is 1. The van der Waals surface area contributed by atoms with Crippen LogP contribution < -0.4 is 16.0 Å². The zero-order valence-electron chi connectivity index (χ0n) is 29.6. The maximum atomic E-state index is 15.8. The SMILES string of the molecule is COC(C)(C=O)CN[C@@H](C(=O)N1CCN(C)CC1)[C@@H](C)c1ccc(NC(=O)[C@@H](NC(=O)c2ccnn2C(C)C)C(C2CC2)C2CC2)c(F)c1. The molecule has 1 aromatic carbocycles. The number of nitrogens with zero attached hydrogens (tertiary/aromatic N) is 4. The van der Waals surface area contributed by atoms with E-state index in [9.17, 15) is 19.2 Å². The number of piperazine rings is 1. The summed E-state index contributed by atoms with van der Waals surface area (Å²) in [5.74, 6) is -1.44. The van der Waals surface area contributed by atoms with Gasteiger partial charge in [-0.2, -0.15) is 5.10 Å². The van der Waals surface area contributed by atoms with E-state index in [-0.39, 0.29) is 36.0 Å². The number of likely N-dealkylation sites (N-methyl/N-ethyl adjacent to an activating group) is 1. The van der Waals surface area contributed by atoms with Crippen LogP contribution in [0.5, 0.6) is 0 Å². The molecule has 2 saturated carbocycles. The second-order valence-electron chi connectivity index (χ2n) is 14.6. The van der Waals surface area contributed by atoms with Crippen LogP contribution in [0.1, 0.15) is 81.4 Å². The first-order valence-corrected chi connectivity index (χ1v) is 17.5. The van der Waals surface area contributed by atoms with E-state index in [1.165, 1.54) is 19.2 Å². The summed E-state index contributed by atoms with van der Waals surface area (Å²) >= 11 is 0. The molecule has 4 atom stereocenters. The number of aldehydes is 1. The molecule has 5 rings (SSSR count). The van der Waals surface area contributed by atoms with Gasteiger partial charge in [0.05, 0.1) is 11.7 Å². The van der Waals surface area contributed by atoms with Crippen LogP contribution in [-0.4, -0.2) is 108 Å². The lowest BCUT2D eigenvalue weighted by molar-refractivity contribution is -0.136. The summed E-state index contributed by atoms with van der Waals surface area (Å²) in [5, 5.41) is 13.3. The van der Waals surface area contributed by atoms with Gasteiger partial charge in [0.15, 0.2) is 6.29 Å². The fourth-order valence-electron chi connectivity index (χ4n) is 6.84. The van der Waals surface area contributed by atoms with Crippen molar-refractivity contribution in [2.75, 3.05) is 52.2 Å². The normalized spacial score (nSPS) is 20.1. The molecular formula is C36H52FN7O5. The van der Waals surface area contributed by atoms with Gasteiger partial charge in [-0.05, 0) is 95.0 Å². The molecule has 2 aromatic rings. The molecule has 1 saturated heterocycles. The van der Waals surface area contributed by atoms with Crippen molar-refractivity contribution in [3.05, 3.63) is 47.5 Å². The molecule has 2 heterocycles. The van der Waals surface area contributed by atoms with Gasteiger partial charge in [0.2, 0.25) is 11.8 Å². The van der Waals surface area contributed by atoms with Crippen molar-refractivity contribution in [3.8, 4) is 0 Å². The molecule has 2 aliphatic carbocycles. The summed E-state index contributed by atoms with van der Waals surface area (Å²) in [6, 6.07) is 4.57. The number of aromatic nitrogens is 2. The van der Waals surface area contributed by atoms with Gasteiger partial charge in [-0.3, -0.25) is 19.1 Å². The summed E-state index contributed by atoms with van der Waals surface area (Å²) in [5.41, 5.74) is -0.211. The summed E-state index contributed by atoms with van der Waals surface area (Å²) in [6.07, 6.45) is 6.28. The summed E-state index contributed by atoms with van der Waals surface area (Å²) in [4.78, 5) is 56.9. The fraction of sp³-hybridized carbons (Fsp3) is 0.639. The lowest BCUT2D eigenvalue weighted by Crippen LogP contribution is -2.57. The molecule has 268 valence electrons. The predicted octanol–water partition coefficient (Wildman–Crippen LogP) is 3.22. The Morgan fingerprint density at radius 2 is 1.69 bits per heavy atom. The van der Waals surface area contributed by atoms with Crippen LogP contribution in [0.2, 0.25) is 0 Å². The lowest BCUT2D eigenvalue weighted by Gasteiger charge is -2.37. The van der Waals surface area contributed by atoms with Crippen molar-refractivity contribution in [3.63, 3.8) is 0 Å². The Hall–Kier alpha value is -3.68. The molecule has 0 radical (unpaired) electrons. The van der Waals surface area contributed by atoms with Crippen molar-refractivity contribution in [1.82, 2.24) is 30.2 Å². The molecule has 12 nitrogen and oxygen atoms in total. The first-order chi connectivity index (χ1) is 23.4. The number of rotatable bonds is 16. The molecule has 3 amide bonds. The zero-order valence-corrected chi connectivity index (χ0v) is 29.6. The van der Waals surface area contributed by atoms with E-state index in [0.717, 1.165) is 38.8 Å². The van der Waals surface area contributed by atoms with Crippen molar-refractivity contribution < 1.29 is 28.3 Å². The number of hydrogen-bond acceptors (Lipinski definition) is 8. The zero-order chi connectivity index (χ0) is 35.5. The number of methoxy groups -OCH3 is 1. The predicted molar refractivity (Wildman–Crippen MR) is 184 cm³/mol. The number of anilines is 1. The van der Waals surface area contributed by atoms with Gasteiger partial charge < -0.3 is 35.3 Å². The molecule has 49 heavy (non-hydrogen) atoms. The third-order valence-corrected chi connectivity index (χ3v) is 10.4. The smallest absolute Gasteiger partial charge is 0.270 e. The van der Waals surface area contributed by atoms with Gasteiger partial charge in [-0.25, -0.2) is 4.39 Å². The Labute approximate surface area is 288 Å². The second kappa shape index (κ2) is 15.5. The van der Waals surface area contributed by atoms with E-state index < -0.39 is 35.3 Å². The molecule has 1 unspecified atom stereocenters. The molecule has 0 bridgehead atoms. The van der Waals surface area contributed by atoms with Gasteiger partial charge in [0.25, 0.3) is 5.91 Å². The molecule has 3 aliphatic rings. The van der Waals surface area contributed by atoms with Gasteiger partial charge in [-0.1, -0.05) is 13.0 Å². The standard InChI is InChI=1S/C36H52FN7O5/c1-22(2)44-29(13-14-39-44)33(46)41-32(30(24-7-8-24)25-9-10-25)34(47)40-28-12-11-26(19-27(28)37)23(3)31(38-20-36(4,21-45)49-6)35(48)43-17-15-42(5)16-18-43/h11-14,19,21-25,30-32,38H,7-10,15-18,20H2,1-6H3,(H,40,47)(H,41,46)/t23-,31+,32-,36?/m0/s1. The Balaban J connectivity index is 1.35. The first kappa shape index (κ1) is 36.6. The summed E-state index contributed by atoms with van der Waals surface area (Å²) in [6.45, 7) is 10.0. The average molecular weight is 682 g/mol. The van der Waals surface area contributed by atoms with Crippen LogP contribution in [0.15, 0.2) is 30.5 Å². The lowest BCUT2D eigenvalue weighted by atomic mass is 9.88. The Bertz CT molecular complexity index is 1490. The molecule has 1 aliphatic heterocycles. The number of carbonyl (C=O) groups excluding carboxylic acids is 4. The third kappa shape index (κ3) is 8.74. The number of ether oxygens (including phenoxy) is 1. The van der Waals surface area contributed by atoms with E-state index >= 15 is 4.39 Å². The van der Waals surface area contributed by atoms with Crippen molar-refractivity contribution in [1.29, 1.82) is 0 Å². The maximum Gasteiger partial charge on any atom is 0.270 e. The number of halogens is 1. The minimum absolute atomic E-state index is 0.000538. The highest BCUT2D eigenvalue weighted by Gasteiger charge is 2.48. The average Bonchev–Trinajstić information content (AvgIpc) is 4.04. The Morgan fingerprint density at radius 1 is 1.04 bits per heavy atom. The molecule has 1 aromatic heterocycles. The van der Waals surface area contributed by atoms with Gasteiger partial charge in [-0.15, -0.1) is 0 Å². The Morgan fingerprint density at radius 3 is 2.24 bits per heavy atom. The highest BCUT2D eigenvalue weighted by Crippen LogP contribution is 2.51. The molecule has 3 fully saturated rings. The molecule has 3 N–H and O–H groups in total. The number of carbonyl (C=O) groups is 4. The van der Waals surface area contributed by atoms with Crippen LogP contribution in [0.4, 0.5) is 10.1 Å². The van der Waals surface area contributed by atoms with Crippen LogP contribution in [-0.2, 0) is 19.1 Å². The van der Waals surface area contributed by atoms with Gasteiger partial charge in [0.1, 0.15) is 23.2 Å². The number of nitrogens with one attached hydrogen (secondary N) is 3. The second-order valence-corrected chi connectivity index (χ2v) is 14.6.